The third-order valence-electron chi connectivity index (χ3n) is 2.10. The summed E-state index contributed by atoms with van der Waals surface area (Å²) in [5.41, 5.74) is 5.88. The minimum atomic E-state index is 0.185. The van der Waals surface area contributed by atoms with Crippen molar-refractivity contribution in [3.63, 3.8) is 0 Å². The van der Waals surface area contributed by atoms with E-state index in [4.69, 9.17) is 10.5 Å². The first kappa shape index (κ1) is 9.06. The van der Waals surface area contributed by atoms with Crippen LogP contribution in [0, 0.1) is 0 Å². The van der Waals surface area contributed by atoms with E-state index in [0.717, 1.165) is 6.61 Å². The molecule has 2 atom stereocenters. The molecule has 1 aliphatic heterocycles. The molecule has 2 rings (SSSR count). The second kappa shape index (κ2) is 4.13. The Hall–Kier alpha value is -0.510. The van der Waals surface area contributed by atoms with Gasteiger partial charge in [-0.2, -0.15) is 0 Å². The van der Waals surface area contributed by atoms with Crippen LogP contribution in [0.3, 0.4) is 0 Å². The minimum Gasteiger partial charge on any atom is -0.379 e. The van der Waals surface area contributed by atoms with Crippen molar-refractivity contribution in [2.24, 2.45) is 5.73 Å². The number of nitrogens with two attached hydrogens (primary N) is 1. The lowest BCUT2D eigenvalue weighted by Gasteiger charge is -2.11. The molecule has 13 heavy (non-hydrogen) atoms. The molecular weight excluding hydrogens is 182 g/mol. The molecule has 0 radical (unpaired) electrons. The van der Waals surface area contributed by atoms with Crippen molar-refractivity contribution in [1.29, 1.82) is 0 Å². The van der Waals surface area contributed by atoms with Crippen LogP contribution in [-0.4, -0.2) is 24.5 Å². The zero-order valence-electron chi connectivity index (χ0n) is 7.35. The van der Waals surface area contributed by atoms with Crippen LogP contribution in [0.2, 0.25) is 0 Å². The summed E-state index contributed by atoms with van der Waals surface area (Å²) >= 11 is 1.81. The van der Waals surface area contributed by atoms with Gasteiger partial charge in [-0.1, -0.05) is 18.2 Å². The molecule has 1 fully saturated rings. The highest BCUT2D eigenvalue weighted by Gasteiger charge is 2.25. The van der Waals surface area contributed by atoms with Gasteiger partial charge in [0.1, 0.15) is 0 Å². The van der Waals surface area contributed by atoms with Crippen LogP contribution in [0.25, 0.3) is 0 Å². The lowest BCUT2D eigenvalue weighted by molar-refractivity contribution is 0.195. The van der Waals surface area contributed by atoms with Gasteiger partial charge in [0.15, 0.2) is 0 Å². The summed E-state index contributed by atoms with van der Waals surface area (Å²) in [7, 11) is 0. The monoisotopic (exact) mass is 195 g/mol. The molecule has 0 spiro atoms. The molecule has 1 aliphatic rings. The summed E-state index contributed by atoms with van der Waals surface area (Å²) in [6.45, 7) is 1.48. The summed E-state index contributed by atoms with van der Waals surface area (Å²) in [6, 6.07) is 10.5. The summed E-state index contributed by atoms with van der Waals surface area (Å²) < 4.78 is 5.30. The number of rotatable bonds is 2. The van der Waals surface area contributed by atoms with Crippen molar-refractivity contribution >= 4 is 11.8 Å². The molecule has 70 valence electrons. The van der Waals surface area contributed by atoms with E-state index in [9.17, 15) is 0 Å². The van der Waals surface area contributed by atoms with Gasteiger partial charge in [-0.15, -0.1) is 11.8 Å². The van der Waals surface area contributed by atoms with E-state index < -0.39 is 0 Å². The van der Waals surface area contributed by atoms with Crippen LogP contribution in [-0.2, 0) is 4.74 Å². The molecule has 0 unspecified atom stereocenters. The van der Waals surface area contributed by atoms with Crippen LogP contribution < -0.4 is 5.73 Å². The predicted octanol–water partition coefficient (Wildman–Crippen LogP) is 1.50. The summed E-state index contributed by atoms with van der Waals surface area (Å²) in [5, 5.41) is 0.419. The van der Waals surface area contributed by atoms with Crippen LogP contribution in [0.4, 0.5) is 0 Å². The highest BCUT2D eigenvalue weighted by Crippen LogP contribution is 2.27. The van der Waals surface area contributed by atoms with E-state index in [0.29, 0.717) is 11.9 Å². The number of ether oxygens (including phenoxy) is 1. The Morgan fingerprint density at radius 3 is 2.62 bits per heavy atom. The second-order valence-electron chi connectivity index (χ2n) is 3.17. The van der Waals surface area contributed by atoms with Crippen molar-refractivity contribution in [1.82, 2.24) is 0 Å². The highest BCUT2D eigenvalue weighted by atomic mass is 32.2. The lowest BCUT2D eigenvalue weighted by atomic mass is 10.3. The maximum absolute atomic E-state index is 5.88. The largest absolute Gasteiger partial charge is 0.379 e. The predicted molar refractivity (Wildman–Crippen MR) is 54.9 cm³/mol. The minimum absolute atomic E-state index is 0.185. The number of hydrogen-bond donors (Lipinski definition) is 1. The van der Waals surface area contributed by atoms with E-state index in [1.165, 1.54) is 4.90 Å². The number of thioether (sulfide) groups is 1. The van der Waals surface area contributed by atoms with Crippen LogP contribution in [0.15, 0.2) is 35.2 Å². The molecule has 0 saturated carbocycles. The summed E-state index contributed by atoms with van der Waals surface area (Å²) in [5.74, 6) is 0. The average molecular weight is 195 g/mol. The molecule has 2 N–H and O–H groups in total. The van der Waals surface area contributed by atoms with Crippen molar-refractivity contribution in [3.05, 3.63) is 30.3 Å². The van der Waals surface area contributed by atoms with E-state index in [-0.39, 0.29) is 6.04 Å². The maximum Gasteiger partial charge on any atom is 0.0629 e. The van der Waals surface area contributed by atoms with Crippen LogP contribution >= 0.6 is 11.8 Å². The fourth-order valence-corrected chi connectivity index (χ4v) is 2.43. The topological polar surface area (TPSA) is 35.2 Å². The zero-order valence-corrected chi connectivity index (χ0v) is 8.17. The molecule has 0 aliphatic carbocycles. The van der Waals surface area contributed by atoms with E-state index in [2.05, 4.69) is 12.1 Å². The van der Waals surface area contributed by atoms with Crippen molar-refractivity contribution < 1.29 is 4.74 Å². The van der Waals surface area contributed by atoms with Crippen molar-refractivity contribution in [3.8, 4) is 0 Å². The quantitative estimate of drug-likeness (QED) is 0.777. The highest BCUT2D eigenvalue weighted by molar-refractivity contribution is 8.00. The average Bonchev–Trinajstić information content (AvgIpc) is 2.54. The van der Waals surface area contributed by atoms with Gasteiger partial charge in [-0.25, -0.2) is 0 Å². The molecule has 3 heteroatoms. The van der Waals surface area contributed by atoms with Gasteiger partial charge in [0, 0.05) is 10.9 Å². The van der Waals surface area contributed by atoms with Crippen LogP contribution in [0.5, 0.6) is 0 Å². The fraction of sp³-hybridized carbons (Fsp3) is 0.400. The van der Waals surface area contributed by atoms with Gasteiger partial charge in [0.05, 0.1) is 18.5 Å². The molecule has 1 aromatic rings. The van der Waals surface area contributed by atoms with Gasteiger partial charge < -0.3 is 10.5 Å². The van der Waals surface area contributed by atoms with Gasteiger partial charge >= 0.3 is 0 Å². The first-order chi connectivity index (χ1) is 6.36. The Morgan fingerprint density at radius 2 is 2.00 bits per heavy atom. The molecule has 2 nitrogen and oxygen atoms in total. The molecule has 1 aromatic carbocycles. The van der Waals surface area contributed by atoms with E-state index >= 15 is 0 Å². The molecule has 0 bridgehead atoms. The molecule has 1 saturated heterocycles. The SMILES string of the molecule is N[C@@H]1COC[C@@H]1Sc1ccccc1. The Balaban J connectivity index is 1.98. The smallest absolute Gasteiger partial charge is 0.0629 e. The van der Waals surface area contributed by atoms with Gasteiger partial charge in [-0.3, -0.25) is 0 Å². The maximum atomic E-state index is 5.88. The summed E-state index contributed by atoms with van der Waals surface area (Å²) in [6.07, 6.45) is 0. The first-order valence-electron chi connectivity index (χ1n) is 4.41. The van der Waals surface area contributed by atoms with Gasteiger partial charge in [-0.05, 0) is 12.1 Å². The number of benzene rings is 1. The summed E-state index contributed by atoms with van der Waals surface area (Å²) in [4.78, 5) is 1.27. The Kier molecular flexibility index (Phi) is 2.88. The number of hydrogen-bond acceptors (Lipinski definition) is 3. The van der Waals surface area contributed by atoms with Crippen molar-refractivity contribution in [2.45, 2.75) is 16.2 Å². The molecule has 1 heterocycles. The van der Waals surface area contributed by atoms with Gasteiger partial charge in [0.2, 0.25) is 0 Å². The second-order valence-corrected chi connectivity index (χ2v) is 4.48. The molecule has 0 aromatic heterocycles. The Morgan fingerprint density at radius 1 is 1.23 bits per heavy atom. The van der Waals surface area contributed by atoms with E-state index in [1.54, 1.807) is 0 Å². The van der Waals surface area contributed by atoms with Crippen LogP contribution in [0.1, 0.15) is 0 Å². The third-order valence-corrected chi connectivity index (χ3v) is 3.43. The first-order valence-corrected chi connectivity index (χ1v) is 5.29. The third kappa shape index (κ3) is 2.24. The van der Waals surface area contributed by atoms with Crippen molar-refractivity contribution in [2.75, 3.05) is 13.2 Å². The molecule has 0 amide bonds. The normalized spacial score (nSPS) is 27.8. The van der Waals surface area contributed by atoms with E-state index in [1.807, 2.05) is 30.0 Å². The lowest BCUT2D eigenvalue weighted by Crippen LogP contribution is -2.30. The Bertz CT molecular complexity index is 265. The zero-order chi connectivity index (χ0) is 9.10. The van der Waals surface area contributed by atoms with Gasteiger partial charge in [0.25, 0.3) is 0 Å². The standard InChI is InChI=1S/C10H13NOS/c11-9-6-12-7-10(9)13-8-4-2-1-3-5-8/h1-5,9-10H,6-7,11H2/t9-,10+/m1/s1. The fourth-order valence-electron chi connectivity index (χ4n) is 1.35. The molecular formula is C10H13NOS. The Labute approximate surface area is 82.5 Å².